The van der Waals surface area contributed by atoms with Gasteiger partial charge in [0.05, 0.1) is 10.6 Å². The van der Waals surface area contributed by atoms with Gasteiger partial charge in [0.25, 0.3) is 0 Å². The molecule has 2 aromatic rings. The van der Waals surface area contributed by atoms with Crippen LogP contribution in [0.15, 0.2) is 70.5 Å². The first kappa shape index (κ1) is 16.8. The molecule has 0 radical (unpaired) electrons. The Kier molecular flexibility index (Phi) is 5.08. The van der Waals surface area contributed by atoms with E-state index in [4.69, 9.17) is 0 Å². The van der Waals surface area contributed by atoms with Gasteiger partial charge in [-0.25, -0.2) is 12.6 Å². The molecule has 2 rings (SSSR count). The molecule has 1 atom stereocenters. The number of halogens is 2. The molecule has 0 fully saturated rings. The molecule has 0 saturated heterocycles. The van der Waals surface area contributed by atoms with Gasteiger partial charge >= 0.3 is 5.25 Å². The van der Waals surface area contributed by atoms with E-state index < -0.39 is 38.1 Å². The highest BCUT2D eigenvalue weighted by atomic mass is 32.2. The van der Waals surface area contributed by atoms with Crippen LogP contribution in [0.3, 0.4) is 0 Å². The second-order valence-corrected chi connectivity index (χ2v) is 8.32. The maximum Gasteiger partial charge on any atom is 0.326 e. The number of benzene rings is 2. The number of hydrogen-bond donors (Lipinski definition) is 0. The molecule has 0 aliphatic carbocycles. The summed E-state index contributed by atoms with van der Waals surface area (Å²) in [5.41, 5.74) is 0. The molecule has 3 nitrogen and oxygen atoms in total. The quantitative estimate of drug-likeness (QED) is 0.808. The van der Waals surface area contributed by atoms with E-state index in [1.54, 1.807) is 12.1 Å². The zero-order chi connectivity index (χ0) is 16.2. The van der Waals surface area contributed by atoms with Crippen molar-refractivity contribution in [2.45, 2.75) is 21.5 Å². The molecule has 2 aromatic carbocycles. The van der Waals surface area contributed by atoms with Gasteiger partial charge in [-0.3, -0.25) is 0 Å². The lowest BCUT2D eigenvalue weighted by Crippen LogP contribution is -2.26. The van der Waals surface area contributed by atoms with Crippen LogP contribution in [0.25, 0.3) is 0 Å². The van der Waals surface area contributed by atoms with Crippen molar-refractivity contribution in [2.75, 3.05) is 5.75 Å². The zero-order valence-corrected chi connectivity index (χ0v) is 13.1. The minimum atomic E-state index is -3.82. The number of alkyl halides is 2. The van der Waals surface area contributed by atoms with E-state index in [1.165, 1.54) is 48.5 Å². The lowest BCUT2D eigenvalue weighted by molar-refractivity contribution is 0.0954. The van der Waals surface area contributed by atoms with E-state index in [9.17, 15) is 21.4 Å². The van der Waals surface area contributed by atoms with E-state index in [1.807, 2.05) is 0 Å². The Morgan fingerprint density at radius 3 is 1.95 bits per heavy atom. The molecular weight excluding hydrogens is 330 g/mol. The van der Waals surface area contributed by atoms with Crippen molar-refractivity contribution < 1.29 is 21.4 Å². The second-order valence-electron chi connectivity index (χ2n) is 4.60. The normalized spacial score (nSPS) is 13.7. The zero-order valence-electron chi connectivity index (χ0n) is 11.5. The van der Waals surface area contributed by atoms with E-state index in [-0.39, 0.29) is 9.79 Å². The van der Waals surface area contributed by atoms with Gasteiger partial charge in [-0.2, -0.15) is 8.78 Å². The number of sulfone groups is 1. The third-order valence-corrected chi connectivity index (χ3v) is 6.17. The van der Waals surface area contributed by atoms with E-state index in [0.29, 0.717) is 0 Å². The first-order valence-corrected chi connectivity index (χ1v) is 9.26. The van der Waals surface area contributed by atoms with Crippen molar-refractivity contribution in [3.8, 4) is 0 Å². The Balaban J connectivity index is 2.11. The Morgan fingerprint density at radius 2 is 1.41 bits per heavy atom. The number of hydrogen-bond acceptors (Lipinski definition) is 3. The second kappa shape index (κ2) is 6.66. The summed E-state index contributed by atoms with van der Waals surface area (Å²) in [7, 11) is -6.41. The third kappa shape index (κ3) is 3.98. The molecule has 0 heterocycles. The lowest BCUT2D eigenvalue weighted by atomic mass is 10.4. The summed E-state index contributed by atoms with van der Waals surface area (Å²) < 4.78 is 63.9. The van der Waals surface area contributed by atoms with Crippen LogP contribution in [0.1, 0.15) is 6.42 Å². The van der Waals surface area contributed by atoms with Crippen molar-refractivity contribution >= 4 is 20.6 Å². The summed E-state index contributed by atoms with van der Waals surface area (Å²) in [5, 5.41) is -3.61. The van der Waals surface area contributed by atoms with Crippen molar-refractivity contribution in [2.24, 2.45) is 0 Å². The maximum absolute atomic E-state index is 14.0. The van der Waals surface area contributed by atoms with Gasteiger partial charge in [-0.15, -0.1) is 0 Å². The van der Waals surface area contributed by atoms with Crippen LogP contribution in [-0.2, 0) is 20.6 Å². The molecular formula is C15H14F2O3S2. The molecule has 7 heteroatoms. The summed E-state index contributed by atoms with van der Waals surface area (Å²) >= 11 is 0. The monoisotopic (exact) mass is 344 g/mol. The Morgan fingerprint density at radius 1 is 0.909 bits per heavy atom. The summed E-state index contributed by atoms with van der Waals surface area (Å²) in [6.45, 7) is 0. The van der Waals surface area contributed by atoms with Crippen molar-refractivity contribution in [1.29, 1.82) is 0 Å². The summed E-state index contributed by atoms with van der Waals surface area (Å²) in [5.74, 6) is -0.761. The maximum atomic E-state index is 14.0. The molecule has 0 amide bonds. The van der Waals surface area contributed by atoms with Crippen molar-refractivity contribution in [3.63, 3.8) is 0 Å². The molecule has 118 valence electrons. The van der Waals surface area contributed by atoms with Gasteiger partial charge < -0.3 is 0 Å². The van der Waals surface area contributed by atoms with Crippen LogP contribution >= 0.6 is 0 Å². The highest BCUT2D eigenvalue weighted by Gasteiger charge is 2.39. The lowest BCUT2D eigenvalue weighted by Gasteiger charge is -2.16. The van der Waals surface area contributed by atoms with Crippen LogP contribution in [-0.4, -0.2) is 23.6 Å². The Hall–Kier alpha value is -1.60. The predicted octanol–water partition coefficient (Wildman–Crippen LogP) is 3.25. The molecule has 0 N–H and O–H groups in total. The van der Waals surface area contributed by atoms with Crippen molar-refractivity contribution in [3.05, 3.63) is 60.7 Å². The fourth-order valence-corrected chi connectivity index (χ4v) is 4.31. The van der Waals surface area contributed by atoms with Gasteiger partial charge in [0, 0.05) is 11.3 Å². The molecule has 1 unspecified atom stereocenters. The van der Waals surface area contributed by atoms with Gasteiger partial charge in [0.1, 0.15) is 10.8 Å². The first-order chi connectivity index (χ1) is 10.3. The fourth-order valence-electron chi connectivity index (χ4n) is 1.81. The minimum Gasteiger partial charge on any atom is -0.248 e. The largest absolute Gasteiger partial charge is 0.326 e. The fraction of sp³-hybridized carbons (Fsp3) is 0.200. The molecule has 0 bridgehead atoms. The third-order valence-electron chi connectivity index (χ3n) is 2.99. The smallest absolute Gasteiger partial charge is 0.248 e. The molecule has 0 aromatic heterocycles. The van der Waals surface area contributed by atoms with Gasteiger partial charge in [0.2, 0.25) is 0 Å². The Labute approximate surface area is 130 Å². The van der Waals surface area contributed by atoms with Gasteiger partial charge in [-0.05, 0) is 24.3 Å². The minimum absolute atomic E-state index is 0.0173. The molecule has 0 aliphatic heterocycles. The summed E-state index contributed by atoms with van der Waals surface area (Å²) in [6.07, 6.45) is -0.994. The van der Waals surface area contributed by atoms with E-state index >= 15 is 0 Å². The van der Waals surface area contributed by atoms with Crippen LogP contribution in [0.4, 0.5) is 8.78 Å². The van der Waals surface area contributed by atoms with Gasteiger partial charge in [0.15, 0.2) is 9.84 Å². The summed E-state index contributed by atoms with van der Waals surface area (Å²) in [6, 6.07) is 14.7. The molecule has 22 heavy (non-hydrogen) atoms. The summed E-state index contributed by atoms with van der Waals surface area (Å²) in [4.78, 5) is -0.0408. The SMILES string of the molecule is O=S(c1ccccc1)C(F)(F)CCS(=O)(=O)c1ccccc1. The van der Waals surface area contributed by atoms with Crippen molar-refractivity contribution in [1.82, 2.24) is 0 Å². The van der Waals surface area contributed by atoms with Crippen LogP contribution < -0.4 is 0 Å². The predicted molar refractivity (Wildman–Crippen MR) is 80.9 cm³/mol. The van der Waals surface area contributed by atoms with E-state index in [2.05, 4.69) is 0 Å². The van der Waals surface area contributed by atoms with E-state index in [0.717, 1.165) is 0 Å². The first-order valence-electron chi connectivity index (χ1n) is 6.45. The van der Waals surface area contributed by atoms with Crippen LogP contribution in [0, 0.1) is 0 Å². The van der Waals surface area contributed by atoms with Gasteiger partial charge in [-0.1, -0.05) is 36.4 Å². The highest BCUT2D eigenvalue weighted by Crippen LogP contribution is 2.29. The highest BCUT2D eigenvalue weighted by molar-refractivity contribution is 7.91. The number of rotatable bonds is 6. The topological polar surface area (TPSA) is 51.2 Å². The molecule has 0 saturated carbocycles. The average Bonchev–Trinajstić information content (AvgIpc) is 2.54. The van der Waals surface area contributed by atoms with Crippen LogP contribution in [0.2, 0.25) is 0 Å². The standard InChI is InChI=1S/C15H14F2O3S2/c16-15(17,21(18)13-7-3-1-4-8-13)11-12-22(19,20)14-9-5-2-6-10-14/h1-10H,11-12H2. The molecule has 0 aliphatic rings. The molecule has 0 spiro atoms. The average molecular weight is 344 g/mol. The Bertz CT molecular complexity index is 745. The van der Waals surface area contributed by atoms with Crippen LogP contribution in [0.5, 0.6) is 0 Å².